The zero-order valence-electron chi connectivity index (χ0n) is 22.9. The number of ether oxygens (including phenoxy) is 3. The topological polar surface area (TPSA) is 94.9 Å². The molecule has 0 fully saturated rings. The molecule has 1 aromatic heterocycles. The molecule has 4 rings (SSSR count). The van der Waals surface area contributed by atoms with E-state index in [9.17, 15) is 9.59 Å². The van der Waals surface area contributed by atoms with E-state index in [-0.39, 0.29) is 24.5 Å². The summed E-state index contributed by atoms with van der Waals surface area (Å²) in [6.07, 6.45) is 0.245. The molecule has 9 nitrogen and oxygen atoms in total. The van der Waals surface area contributed by atoms with E-state index in [1.165, 1.54) is 0 Å². The predicted octanol–water partition coefficient (Wildman–Crippen LogP) is 4.83. The first-order valence-corrected chi connectivity index (χ1v) is 12.9. The Hall–Kier alpha value is -4.01. The van der Waals surface area contributed by atoms with Crippen molar-refractivity contribution in [1.29, 1.82) is 0 Å². The van der Waals surface area contributed by atoms with Crippen LogP contribution in [0.15, 0.2) is 42.5 Å². The number of carbonyl (C=O) groups excluding carboxylic acids is 2. The third-order valence-corrected chi connectivity index (χ3v) is 6.90. The number of carbonyl (C=O) groups is 2. The number of nitrogens with one attached hydrogen (secondary N) is 1. The second kappa shape index (κ2) is 11.6. The van der Waals surface area contributed by atoms with Gasteiger partial charge in [0, 0.05) is 35.8 Å². The van der Waals surface area contributed by atoms with E-state index >= 15 is 0 Å². The predicted molar refractivity (Wildman–Crippen MR) is 145 cm³/mol. The summed E-state index contributed by atoms with van der Waals surface area (Å²) in [4.78, 5) is 27.7. The lowest BCUT2D eigenvalue weighted by atomic mass is 9.85. The highest BCUT2D eigenvalue weighted by molar-refractivity contribution is 5.94. The standard InChI is InChI=1S/C29H36N4O5/c1-7-38-29(35)33-20(4)12-23(24-14-26(36-5)27(37-6)15-25(24)33)16-30-28(34)22-10-8-9-21(13-22)17-32-19(3)11-18(2)31-32/h8-11,13-15,20,23H,7,12,16-17H2,1-6H3,(H,30,34). The molecule has 1 aliphatic rings. The van der Waals surface area contributed by atoms with E-state index in [1.54, 1.807) is 32.1 Å². The molecular weight excluding hydrogens is 484 g/mol. The third-order valence-electron chi connectivity index (χ3n) is 6.90. The average Bonchev–Trinajstić information content (AvgIpc) is 3.22. The van der Waals surface area contributed by atoms with Crippen molar-refractivity contribution in [1.82, 2.24) is 15.1 Å². The molecule has 202 valence electrons. The SMILES string of the molecule is CCOC(=O)N1c2cc(OC)c(OC)cc2C(CNC(=O)c2cccc(Cn3nc(C)cc3C)c2)CC1C. The first-order valence-electron chi connectivity index (χ1n) is 12.9. The van der Waals surface area contributed by atoms with Gasteiger partial charge in [0.2, 0.25) is 0 Å². The van der Waals surface area contributed by atoms with Crippen molar-refractivity contribution in [3.8, 4) is 11.5 Å². The van der Waals surface area contributed by atoms with Crippen LogP contribution in [0.1, 0.15) is 59.1 Å². The molecule has 0 bridgehead atoms. The van der Waals surface area contributed by atoms with Crippen LogP contribution in [0.5, 0.6) is 11.5 Å². The van der Waals surface area contributed by atoms with Gasteiger partial charge in [-0.05, 0) is 69.5 Å². The highest BCUT2D eigenvalue weighted by Gasteiger charge is 2.36. The van der Waals surface area contributed by atoms with Gasteiger partial charge in [0.1, 0.15) is 0 Å². The number of methoxy groups -OCH3 is 2. The van der Waals surface area contributed by atoms with Crippen LogP contribution < -0.4 is 19.7 Å². The number of rotatable bonds is 8. The van der Waals surface area contributed by atoms with Gasteiger partial charge in [0.25, 0.3) is 5.91 Å². The third kappa shape index (κ3) is 5.61. The number of hydrogen-bond acceptors (Lipinski definition) is 6. The molecule has 0 saturated heterocycles. The number of aromatic nitrogens is 2. The molecule has 1 N–H and O–H groups in total. The van der Waals surface area contributed by atoms with Gasteiger partial charge in [-0.1, -0.05) is 12.1 Å². The van der Waals surface area contributed by atoms with Gasteiger partial charge in [-0.2, -0.15) is 5.10 Å². The molecule has 2 heterocycles. The van der Waals surface area contributed by atoms with E-state index in [2.05, 4.69) is 10.4 Å². The van der Waals surface area contributed by atoms with Crippen molar-refractivity contribution < 1.29 is 23.8 Å². The molecule has 2 aromatic carbocycles. The van der Waals surface area contributed by atoms with Gasteiger partial charge in [0.15, 0.2) is 11.5 Å². The molecule has 2 amide bonds. The summed E-state index contributed by atoms with van der Waals surface area (Å²) in [7, 11) is 3.14. The fourth-order valence-electron chi connectivity index (χ4n) is 5.10. The van der Waals surface area contributed by atoms with E-state index in [1.807, 2.05) is 61.9 Å². The summed E-state index contributed by atoms with van der Waals surface area (Å²) in [5.74, 6) is 0.907. The summed E-state index contributed by atoms with van der Waals surface area (Å²) in [5.41, 5.74) is 5.23. The van der Waals surface area contributed by atoms with E-state index < -0.39 is 6.09 Å². The fraction of sp³-hybridized carbons (Fsp3) is 0.414. The van der Waals surface area contributed by atoms with Gasteiger partial charge < -0.3 is 19.5 Å². The molecule has 1 aliphatic heterocycles. The Morgan fingerprint density at radius 2 is 1.82 bits per heavy atom. The quantitative estimate of drug-likeness (QED) is 0.457. The zero-order valence-corrected chi connectivity index (χ0v) is 22.9. The molecule has 3 aromatic rings. The highest BCUT2D eigenvalue weighted by Crippen LogP contribution is 2.44. The number of amides is 2. The van der Waals surface area contributed by atoms with Crippen molar-refractivity contribution in [3.05, 3.63) is 70.5 Å². The summed E-state index contributed by atoms with van der Waals surface area (Å²) >= 11 is 0. The number of nitrogens with zero attached hydrogens (tertiary/aromatic N) is 3. The van der Waals surface area contributed by atoms with Gasteiger partial charge >= 0.3 is 6.09 Å². The maximum Gasteiger partial charge on any atom is 0.414 e. The van der Waals surface area contributed by atoms with Crippen LogP contribution >= 0.6 is 0 Å². The van der Waals surface area contributed by atoms with E-state index in [0.29, 0.717) is 42.3 Å². The highest BCUT2D eigenvalue weighted by atomic mass is 16.6. The minimum Gasteiger partial charge on any atom is -0.493 e. The van der Waals surface area contributed by atoms with Crippen LogP contribution in [0.2, 0.25) is 0 Å². The van der Waals surface area contributed by atoms with Crippen LogP contribution in [0.25, 0.3) is 0 Å². The molecule has 0 saturated carbocycles. The molecule has 38 heavy (non-hydrogen) atoms. The lowest BCUT2D eigenvalue weighted by Gasteiger charge is -2.39. The number of benzene rings is 2. The first-order chi connectivity index (χ1) is 18.2. The van der Waals surface area contributed by atoms with Crippen molar-refractivity contribution >= 4 is 17.7 Å². The van der Waals surface area contributed by atoms with Crippen molar-refractivity contribution in [2.75, 3.05) is 32.3 Å². The van der Waals surface area contributed by atoms with Crippen LogP contribution in [-0.4, -0.2) is 55.2 Å². The number of anilines is 1. The second-order valence-electron chi connectivity index (χ2n) is 9.61. The maximum absolute atomic E-state index is 13.2. The van der Waals surface area contributed by atoms with Gasteiger partial charge in [0.05, 0.1) is 38.8 Å². The molecule has 9 heteroatoms. The van der Waals surface area contributed by atoms with Crippen LogP contribution in [0.4, 0.5) is 10.5 Å². The number of fused-ring (bicyclic) bond motifs is 1. The maximum atomic E-state index is 13.2. The monoisotopic (exact) mass is 520 g/mol. The summed E-state index contributed by atoms with van der Waals surface area (Å²) in [6.45, 7) is 9.04. The largest absolute Gasteiger partial charge is 0.493 e. The second-order valence-corrected chi connectivity index (χ2v) is 9.61. The Morgan fingerprint density at radius 1 is 1.08 bits per heavy atom. The fourth-order valence-corrected chi connectivity index (χ4v) is 5.10. The summed E-state index contributed by atoms with van der Waals surface area (Å²) < 4.78 is 18.3. The molecule has 2 unspecified atom stereocenters. The number of aryl methyl sites for hydroxylation is 2. The van der Waals surface area contributed by atoms with E-state index in [0.717, 1.165) is 22.5 Å². The lowest BCUT2D eigenvalue weighted by molar-refractivity contribution is 0.0949. The molecule has 2 atom stereocenters. The Labute approximate surface area is 223 Å². The van der Waals surface area contributed by atoms with Crippen LogP contribution in [-0.2, 0) is 11.3 Å². The van der Waals surface area contributed by atoms with Crippen LogP contribution in [0.3, 0.4) is 0 Å². The zero-order chi connectivity index (χ0) is 27.4. The molecule has 0 aliphatic carbocycles. The van der Waals surface area contributed by atoms with Gasteiger partial charge in [-0.15, -0.1) is 0 Å². The van der Waals surface area contributed by atoms with Crippen LogP contribution in [0, 0.1) is 13.8 Å². The smallest absolute Gasteiger partial charge is 0.414 e. The Bertz CT molecular complexity index is 1320. The number of hydrogen-bond donors (Lipinski definition) is 1. The lowest BCUT2D eigenvalue weighted by Crippen LogP contribution is -2.45. The van der Waals surface area contributed by atoms with Crippen molar-refractivity contribution in [2.45, 2.75) is 52.6 Å². The first kappa shape index (κ1) is 27.0. The average molecular weight is 521 g/mol. The normalized spacial score (nSPS) is 16.5. The minimum atomic E-state index is -0.407. The summed E-state index contributed by atoms with van der Waals surface area (Å²) in [5, 5.41) is 7.63. The molecule has 0 spiro atoms. The van der Waals surface area contributed by atoms with Gasteiger partial charge in [-0.25, -0.2) is 4.79 Å². The Morgan fingerprint density at radius 3 is 2.47 bits per heavy atom. The van der Waals surface area contributed by atoms with Crippen molar-refractivity contribution in [3.63, 3.8) is 0 Å². The van der Waals surface area contributed by atoms with E-state index in [4.69, 9.17) is 14.2 Å². The van der Waals surface area contributed by atoms with Crippen molar-refractivity contribution in [2.24, 2.45) is 0 Å². The Kier molecular flexibility index (Phi) is 8.24. The van der Waals surface area contributed by atoms with Gasteiger partial charge in [-0.3, -0.25) is 14.4 Å². The summed E-state index contributed by atoms with van der Waals surface area (Å²) in [6, 6.07) is 13.2. The molecule has 0 radical (unpaired) electrons. The minimum absolute atomic E-state index is 0.0349. The Balaban J connectivity index is 1.55. The molecular formula is C29H36N4O5.